The number of ether oxygens (including phenoxy) is 1. The van der Waals surface area contributed by atoms with Crippen molar-refractivity contribution in [3.8, 4) is 12.3 Å². The van der Waals surface area contributed by atoms with Gasteiger partial charge in [0.15, 0.2) is 0 Å². The third-order valence-electron chi connectivity index (χ3n) is 4.18. The number of methoxy groups -OCH3 is 1. The van der Waals surface area contributed by atoms with Gasteiger partial charge in [-0.15, -0.1) is 12.3 Å². The molecule has 0 aliphatic heterocycles. The zero-order valence-corrected chi connectivity index (χ0v) is 13.3. The fourth-order valence-electron chi connectivity index (χ4n) is 2.76. The summed E-state index contributed by atoms with van der Waals surface area (Å²) in [5, 5.41) is 19.6. The van der Waals surface area contributed by atoms with Crippen LogP contribution in [0.5, 0.6) is 0 Å². The van der Waals surface area contributed by atoms with Crippen LogP contribution >= 0.6 is 0 Å². The summed E-state index contributed by atoms with van der Waals surface area (Å²) < 4.78 is 4.58. The Bertz CT molecular complexity index is 446. The quantitative estimate of drug-likeness (QED) is 0.389. The van der Waals surface area contributed by atoms with Crippen molar-refractivity contribution in [3.63, 3.8) is 0 Å². The van der Waals surface area contributed by atoms with Crippen molar-refractivity contribution in [2.75, 3.05) is 7.11 Å². The number of hydrogen-bond acceptors (Lipinski definition) is 4. The van der Waals surface area contributed by atoms with Crippen molar-refractivity contribution >= 4 is 5.97 Å². The predicted molar refractivity (Wildman–Crippen MR) is 85.8 cm³/mol. The molecule has 0 amide bonds. The molecule has 22 heavy (non-hydrogen) atoms. The van der Waals surface area contributed by atoms with E-state index in [0.717, 1.165) is 0 Å². The molecule has 5 atom stereocenters. The van der Waals surface area contributed by atoms with E-state index < -0.39 is 6.10 Å². The van der Waals surface area contributed by atoms with Gasteiger partial charge in [0.05, 0.1) is 19.3 Å². The van der Waals surface area contributed by atoms with Gasteiger partial charge >= 0.3 is 5.97 Å². The molecule has 1 rings (SSSR count). The summed E-state index contributed by atoms with van der Waals surface area (Å²) in [6.07, 6.45) is 13.4. The van der Waals surface area contributed by atoms with Crippen molar-refractivity contribution in [3.05, 3.63) is 24.3 Å². The fourth-order valence-corrected chi connectivity index (χ4v) is 2.76. The minimum Gasteiger partial charge on any atom is -0.469 e. The zero-order valence-electron chi connectivity index (χ0n) is 13.3. The first-order valence-electron chi connectivity index (χ1n) is 7.72. The van der Waals surface area contributed by atoms with Gasteiger partial charge in [-0.3, -0.25) is 4.79 Å². The van der Waals surface area contributed by atoms with Gasteiger partial charge in [0.1, 0.15) is 0 Å². The van der Waals surface area contributed by atoms with E-state index in [1.807, 2.05) is 6.08 Å². The van der Waals surface area contributed by atoms with Crippen LogP contribution in [0.4, 0.5) is 0 Å². The van der Waals surface area contributed by atoms with Crippen molar-refractivity contribution in [1.29, 1.82) is 0 Å². The zero-order chi connectivity index (χ0) is 16.5. The van der Waals surface area contributed by atoms with Crippen molar-refractivity contribution in [2.24, 2.45) is 17.8 Å². The summed E-state index contributed by atoms with van der Waals surface area (Å²) in [4.78, 5) is 11.0. The van der Waals surface area contributed by atoms with E-state index in [-0.39, 0.29) is 18.0 Å². The second-order valence-corrected chi connectivity index (χ2v) is 5.79. The lowest BCUT2D eigenvalue weighted by atomic mass is 10.1. The van der Waals surface area contributed by atoms with Crippen LogP contribution in [-0.4, -0.2) is 35.5 Å². The molecule has 0 heterocycles. The number of hydrogen-bond donors (Lipinski definition) is 2. The Morgan fingerprint density at radius 2 is 2.14 bits per heavy atom. The lowest BCUT2D eigenvalue weighted by Crippen LogP contribution is -2.12. The molecule has 0 saturated heterocycles. The number of esters is 1. The van der Waals surface area contributed by atoms with E-state index in [1.165, 1.54) is 7.11 Å². The van der Waals surface area contributed by atoms with Crippen LogP contribution in [0.15, 0.2) is 24.3 Å². The van der Waals surface area contributed by atoms with Gasteiger partial charge in [0.2, 0.25) is 0 Å². The molecular formula is C18H26O4. The second-order valence-electron chi connectivity index (χ2n) is 5.79. The summed E-state index contributed by atoms with van der Waals surface area (Å²) in [6, 6.07) is 0. The molecule has 5 unspecified atom stereocenters. The third kappa shape index (κ3) is 6.05. The molecule has 0 bridgehead atoms. The maximum Gasteiger partial charge on any atom is 0.305 e. The van der Waals surface area contributed by atoms with Crippen LogP contribution in [0.1, 0.15) is 32.6 Å². The number of terminal acetylenes is 1. The van der Waals surface area contributed by atoms with Crippen LogP contribution < -0.4 is 0 Å². The monoisotopic (exact) mass is 306 g/mol. The number of aliphatic hydroxyl groups is 2. The molecule has 4 nitrogen and oxygen atoms in total. The normalized spacial score (nSPS) is 26.8. The third-order valence-corrected chi connectivity index (χ3v) is 4.18. The molecule has 2 N–H and O–H groups in total. The Labute approximate surface area is 132 Å². The van der Waals surface area contributed by atoms with Gasteiger partial charge in [0.25, 0.3) is 0 Å². The minimum atomic E-state index is -0.606. The molecule has 0 radical (unpaired) electrons. The molecule has 1 aliphatic rings. The van der Waals surface area contributed by atoms with E-state index >= 15 is 0 Å². The van der Waals surface area contributed by atoms with E-state index in [0.29, 0.717) is 37.5 Å². The molecule has 0 spiro atoms. The first-order valence-corrected chi connectivity index (χ1v) is 7.72. The van der Waals surface area contributed by atoms with Crippen LogP contribution in [0.3, 0.4) is 0 Å². The Hall–Kier alpha value is -1.57. The van der Waals surface area contributed by atoms with E-state index in [9.17, 15) is 15.0 Å². The number of aliphatic hydroxyl groups excluding tert-OH is 2. The van der Waals surface area contributed by atoms with Crippen molar-refractivity contribution < 1.29 is 19.7 Å². The average Bonchev–Trinajstić information content (AvgIpc) is 3.13. The van der Waals surface area contributed by atoms with Gasteiger partial charge in [-0.2, -0.15) is 0 Å². The predicted octanol–water partition coefficient (Wildman–Crippen LogP) is 2.07. The summed E-state index contributed by atoms with van der Waals surface area (Å²) >= 11 is 0. The Morgan fingerprint density at radius 1 is 1.41 bits per heavy atom. The maximum absolute atomic E-state index is 11.0. The van der Waals surface area contributed by atoms with E-state index in [4.69, 9.17) is 6.42 Å². The molecule has 0 aromatic rings. The maximum atomic E-state index is 11.0. The topological polar surface area (TPSA) is 66.8 Å². The van der Waals surface area contributed by atoms with E-state index in [1.54, 1.807) is 12.2 Å². The highest BCUT2D eigenvalue weighted by molar-refractivity contribution is 5.68. The molecular weight excluding hydrogens is 280 g/mol. The largest absolute Gasteiger partial charge is 0.469 e. The summed E-state index contributed by atoms with van der Waals surface area (Å²) in [6.45, 7) is 2.11. The number of carbonyl (C=O) groups is 1. The highest BCUT2D eigenvalue weighted by Crippen LogP contribution is 2.50. The Balaban J connectivity index is 2.30. The number of carbonyl (C=O) groups excluding carboxylic acids is 1. The summed E-state index contributed by atoms with van der Waals surface area (Å²) in [5.74, 6) is 3.20. The van der Waals surface area contributed by atoms with Crippen molar-refractivity contribution in [2.45, 2.75) is 44.8 Å². The fraction of sp³-hybridized carbons (Fsp3) is 0.611. The second kappa shape index (κ2) is 9.45. The van der Waals surface area contributed by atoms with Crippen LogP contribution in [0.25, 0.3) is 0 Å². The standard InChI is InChI=1S/C18H26O4/c1-4-8-14(19)9-5-6-10-15-13(2)18(15)16(20)11-7-12-17(21)22-3/h1,5-6,9-10,13-16,18-20H,7-8,11-12H2,2-3H3. The van der Waals surface area contributed by atoms with Gasteiger partial charge in [-0.1, -0.05) is 31.2 Å². The molecule has 4 heteroatoms. The highest BCUT2D eigenvalue weighted by atomic mass is 16.5. The lowest BCUT2D eigenvalue weighted by Gasteiger charge is -2.09. The average molecular weight is 306 g/mol. The first kappa shape index (κ1) is 18.5. The molecule has 1 fully saturated rings. The molecule has 0 aromatic carbocycles. The number of allylic oxidation sites excluding steroid dienone is 3. The van der Waals surface area contributed by atoms with Crippen molar-refractivity contribution in [1.82, 2.24) is 0 Å². The first-order chi connectivity index (χ1) is 10.5. The SMILES string of the molecule is C#CCC(O)C=CC=CC1C(C)C1C(O)CCCC(=O)OC. The van der Waals surface area contributed by atoms with Crippen LogP contribution in [-0.2, 0) is 9.53 Å². The van der Waals surface area contributed by atoms with Crippen LogP contribution in [0.2, 0.25) is 0 Å². The van der Waals surface area contributed by atoms with Gasteiger partial charge in [-0.25, -0.2) is 0 Å². The van der Waals surface area contributed by atoms with Gasteiger partial charge < -0.3 is 14.9 Å². The molecule has 1 aliphatic carbocycles. The molecule has 1 saturated carbocycles. The van der Waals surface area contributed by atoms with Crippen LogP contribution in [0, 0.1) is 30.1 Å². The Morgan fingerprint density at radius 3 is 2.77 bits per heavy atom. The smallest absolute Gasteiger partial charge is 0.305 e. The Kier molecular flexibility index (Phi) is 7.94. The molecule has 0 aromatic heterocycles. The highest BCUT2D eigenvalue weighted by Gasteiger charge is 2.48. The summed E-state index contributed by atoms with van der Waals surface area (Å²) in [7, 11) is 1.37. The van der Waals surface area contributed by atoms with Gasteiger partial charge in [-0.05, 0) is 30.6 Å². The molecule has 122 valence electrons. The van der Waals surface area contributed by atoms with Gasteiger partial charge in [0, 0.05) is 12.8 Å². The summed E-state index contributed by atoms with van der Waals surface area (Å²) in [5.41, 5.74) is 0. The number of rotatable bonds is 9. The lowest BCUT2D eigenvalue weighted by molar-refractivity contribution is -0.140. The minimum absolute atomic E-state index is 0.233. The van der Waals surface area contributed by atoms with E-state index in [2.05, 4.69) is 23.7 Å².